The number of nitrogens with one attached hydrogen (secondary N) is 1. The molecule has 1 amide bonds. The van der Waals surface area contributed by atoms with Gasteiger partial charge in [-0.05, 0) is 30.7 Å². The van der Waals surface area contributed by atoms with Crippen LogP contribution in [0.3, 0.4) is 0 Å². The minimum Gasteiger partial charge on any atom is -0.508 e. The first-order valence-electron chi connectivity index (χ1n) is 5.74. The molecular weight excluding hydrogens is 266 g/mol. The number of nitrogens with two attached hydrogens (primary N) is 1. The summed E-state index contributed by atoms with van der Waals surface area (Å²) < 4.78 is 26.7. The zero-order valence-electron chi connectivity index (χ0n) is 10.6. The fourth-order valence-corrected chi connectivity index (χ4v) is 1.68. The second kappa shape index (κ2) is 5.16. The summed E-state index contributed by atoms with van der Waals surface area (Å²) in [5.41, 5.74) is 5.86. The van der Waals surface area contributed by atoms with E-state index in [1.54, 1.807) is 0 Å². The second-order valence-electron chi connectivity index (χ2n) is 4.31. The van der Waals surface area contributed by atoms with Gasteiger partial charge in [0.1, 0.15) is 17.4 Å². The maximum absolute atomic E-state index is 13.6. The fraction of sp³-hybridized carbons (Fsp3) is 0.0714. The Hall–Kier alpha value is -2.63. The lowest BCUT2D eigenvalue weighted by atomic mass is 10.1. The monoisotopic (exact) mass is 278 g/mol. The molecule has 0 aromatic heterocycles. The number of carbonyl (C=O) groups is 1. The van der Waals surface area contributed by atoms with Crippen molar-refractivity contribution in [3.8, 4) is 5.75 Å². The van der Waals surface area contributed by atoms with Gasteiger partial charge >= 0.3 is 0 Å². The lowest BCUT2D eigenvalue weighted by molar-refractivity contribution is 0.102. The molecule has 0 saturated heterocycles. The van der Waals surface area contributed by atoms with Crippen molar-refractivity contribution in [3.63, 3.8) is 0 Å². The Kier molecular flexibility index (Phi) is 3.56. The molecule has 2 aromatic rings. The summed E-state index contributed by atoms with van der Waals surface area (Å²) in [6, 6.07) is 5.75. The van der Waals surface area contributed by atoms with E-state index in [4.69, 9.17) is 5.73 Å². The van der Waals surface area contributed by atoms with Crippen LogP contribution in [0.5, 0.6) is 5.75 Å². The number of amides is 1. The van der Waals surface area contributed by atoms with Crippen LogP contribution in [-0.4, -0.2) is 11.0 Å². The summed E-state index contributed by atoms with van der Waals surface area (Å²) in [5, 5.41) is 11.6. The number of aromatic hydroxyl groups is 1. The third-order valence-corrected chi connectivity index (χ3v) is 2.78. The Balaban J connectivity index is 2.31. The molecule has 4 nitrogen and oxygen atoms in total. The van der Waals surface area contributed by atoms with E-state index < -0.39 is 17.5 Å². The van der Waals surface area contributed by atoms with Crippen LogP contribution in [-0.2, 0) is 0 Å². The van der Waals surface area contributed by atoms with Gasteiger partial charge in [0.2, 0.25) is 0 Å². The van der Waals surface area contributed by atoms with E-state index in [0.717, 1.165) is 6.07 Å². The van der Waals surface area contributed by atoms with Crippen LogP contribution in [0.25, 0.3) is 0 Å². The van der Waals surface area contributed by atoms with Gasteiger partial charge in [0, 0.05) is 12.1 Å². The first-order chi connectivity index (χ1) is 9.38. The highest BCUT2D eigenvalue weighted by Crippen LogP contribution is 2.24. The number of phenols is 1. The maximum atomic E-state index is 13.6. The first-order valence-corrected chi connectivity index (χ1v) is 5.74. The Morgan fingerprint density at radius 2 is 1.90 bits per heavy atom. The molecule has 0 saturated carbocycles. The van der Waals surface area contributed by atoms with E-state index in [1.165, 1.54) is 25.1 Å². The quantitative estimate of drug-likeness (QED) is 0.584. The lowest BCUT2D eigenvalue weighted by Gasteiger charge is -2.10. The highest BCUT2D eigenvalue weighted by Gasteiger charge is 2.15. The molecule has 0 unspecified atom stereocenters. The van der Waals surface area contributed by atoms with Crippen LogP contribution in [0.2, 0.25) is 0 Å². The highest BCUT2D eigenvalue weighted by molar-refractivity contribution is 6.06. The zero-order valence-corrected chi connectivity index (χ0v) is 10.6. The largest absolute Gasteiger partial charge is 0.508 e. The molecule has 0 radical (unpaired) electrons. The topological polar surface area (TPSA) is 75.3 Å². The molecular formula is C14H12F2N2O2. The van der Waals surface area contributed by atoms with Gasteiger partial charge in [-0.15, -0.1) is 0 Å². The zero-order chi connectivity index (χ0) is 14.9. The molecule has 0 fully saturated rings. The van der Waals surface area contributed by atoms with Crippen LogP contribution in [0.15, 0.2) is 30.3 Å². The van der Waals surface area contributed by atoms with Gasteiger partial charge in [-0.25, -0.2) is 8.78 Å². The maximum Gasteiger partial charge on any atom is 0.258 e. The molecule has 104 valence electrons. The summed E-state index contributed by atoms with van der Waals surface area (Å²) in [6.07, 6.45) is 0. The van der Waals surface area contributed by atoms with E-state index in [-0.39, 0.29) is 28.3 Å². The van der Waals surface area contributed by atoms with Crippen LogP contribution >= 0.6 is 0 Å². The van der Waals surface area contributed by atoms with Gasteiger partial charge in [-0.1, -0.05) is 0 Å². The second-order valence-corrected chi connectivity index (χ2v) is 4.31. The van der Waals surface area contributed by atoms with Crippen molar-refractivity contribution in [1.29, 1.82) is 0 Å². The van der Waals surface area contributed by atoms with Crippen LogP contribution in [0.1, 0.15) is 15.9 Å². The molecule has 6 heteroatoms. The molecule has 20 heavy (non-hydrogen) atoms. The minimum atomic E-state index is -0.956. The van der Waals surface area contributed by atoms with E-state index in [2.05, 4.69) is 5.32 Å². The minimum absolute atomic E-state index is 0.0516. The molecule has 0 heterocycles. The Bertz CT molecular complexity index is 687. The van der Waals surface area contributed by atoms with E-state index in [9.17, 15) is 18.7 Å². The highest BCUT2D eigenvalue weighted by atomic mass is 19.1. The molecule has 0 bridgehead atoms. The van der Waals surface area contributed by atoms with Crippen molar-refractivity contribution < 1.29 is 18.7 Å². The summed E-state index contributed by atoms with van der Waals surface area (Å²) in [7, 11) is 0. The number of hydrogen-bond acceptors (Lipinski definition) is 3. The summed E-state index contributed by atoms with van der Waals surface area (Å²) in [6.45, 7) is 1.43. The smallest absolute Gasteiger partial charge is 0.258 e. The van der Waals surface area contributed by atoms with Crippen molar-refractivity contribution in [1.82, 2.24) is 0 Å². The molecule has 4 N–H and O–H groups in total. The van der Waals surface area contributed by atoms with Gasteiger partial charge in [-0.2, -0.15) is 0 Å². The van der Waals surface area contributed by atoms with Crippen molar-refractivity contribution in [2.45, 2.75) is 6.92 Å². The summed E-state index contributed by atoms with van der Waals surface area (Å²) in [5.74, 6) is -2.47. The van der Waals surface area contributed by atoms with Gasteiger partial charge in [0.05, 0.1) is 16.9 Å². The van der Waals surface area contributed by atoms with E-state index in [0.29, 0.717) is 6.07 Å². The molecule has 0 aliphatic carbocycles. The third-order valence-electron chi connectivity index (χ3n) is 2.78. The number of halogens is 2. The van der Waals surface area contributed by atoms with Crippen molar-refractivity contribution in [2.75, 3.05) is 11.1 Å². The van der Waals surface area contributed by atoms with Gasteiger partial charge in [0.25, 0.3) is 5.91 Å². The standard InChI is InChI=1S/C14H12F2N2O2/c1-7-4-9(11(16)6-10(7)15)14(20)18-13-3-2-8(19)5-12(13)17/h2-6,19H,17H2,1H3,(H,18,20). The van der Waals surface area contributed by atoms with Crippen molar-refractivity contribution in [3.05, 3.63) is 53.1 Å². The summed E-state index contributed by atoms with van der Waals surface area (Å²) >= 11 is 0. The SMILES string of the molecule is Cc1cc(C(=O)Nc2ccc(O)cc2N)c(F)cc1F. The number of carbonyl (C=O) groups excluding carboxylic acids is 1. The average molecular weight is 278 g/mol. The fourth-order valence-electron chi connectivity index (χ4n) is 1.68. The number of nitrogen functional groups attached to an aromatic ring is 1. The van der Waals surface area contributed by atoms with E-state index in [1.807, 2.05) is 0 Å². The average Bonchev–Trinajstić information content (AvgIpc) is 2.37. The van der Waals surface area contributed by atoms with E-state index >= 15 is 0 Å². The van der Waals surface area contributed by atoms with Crippen LogP contribution in [0, 0.1) is 18.6 Å². The van der Waals surface area contributed by atoms with Crippen LogP contribution < -0.4 is 11.1 Å². The van der Waals surface area contributed by atoms with Gasteiger partial charge in [0.15, 0.2) is 0 Å². The molecule has 2 rings (SSSR count). The number of anilines is 2. The molecule has 0 spiro atoms. The number of phenolic OH excluding ortho intramolecular Hbond substituents is 1. The van der Waals surface area contributed by atoms with Crippen LogP contribution in [0.4, 0.5) is 20.2 Å². The normalized spacial score (nSPS) is 10.3. The molecule has 0 aliphatic heterocycles. The number of benzene rings is 2. The van der Waals surface area contributed by atoms with Crippen molar-refractivity contribution >= 4 is 17.3 Å². The Labute approximate surface area is 113 Å². The lowest BCUT2D eigenvalue weighted by Crippen LogP contribution is -2.15. The number of aryl methyl sites for hydroxylation is 1. The first kappa shape index (κ1) is 13.8. The van der Waals surface area contributed by atoms with Gasteiger partial charge in [-0.3, -0.25) is 4.79 Å². The number of rotatable bonds is 2. The Morgan fingerprint density at radius 1 is 1.20 bits per heavy atom. The third kappa shape index (κ3) is 2.69. The number of hydrogen-bond donors (Lipinski definition) is 3. The summed E-state index contributed by atoms with van der Waals surface area (Å²) in [4.78, 5) is 11.9. The Morgan fingerprint density at radius 3 is 2.55 bits per heavy atom. The molecule has 0 atom stereocenters. The molecule has 0 aliphatic rings. The predicted octanol–water partition coefficient (Wildman–Crippen LogP) is 2.81. The predicted molar refractivity (Wildman–Crippen MR) is 71.6 cm³/mol. The molecule has 2 aromatic carbocycles. The van der Waals surface area contributed by atoms with Gasteiger partial charge < -0.3 is 16.2 Å². The van der Waals surface area contributed by atoms with Crippen molar-refractivity contribution in [2.24, 2.45) is 0 Å².